The molecule has 2 fully saturated rings. The summed E-state index contributed by atoms with van der Waals surface area (Å²) in [5.74, 6) is -2.19. The minimum Gasteiger partial charge on any atom is -0.477 e. The van der Waals surface area contributed by atoms with Gasteiger partial charge >= 0.3 is 18.1 Å². The van der Waals surface area contributed by atoms with Gasteiger partial charge in [0.1, 0.15) is 6.10 Å². The summed E-state index contributed by atoms with van der Waals surface area (Å²) in [5.41, 5.74) is 11.0. The van der Waals surface area contributed by atoms with Gasteiger partial charge in [-0.05, 0) is 83.1 Å². The molecule has 27 heteroatoms. The number of aliphatic carboxylic acids is 1. The van der Waals surface area contributed by atoms with E-state index in [4.69, 9.17) is 20.9 Å². The fourth-order valence-corrected chi connectivity index (χ4v) is 11.0. The number of aliphatic hydroxyl groups excluding tert-OH is 2. The van der Waals surface area contributed by atoms with Crippen molar-refractivity contribution in [2.45, 2.75) is 209 Å². The van der Waals surface area contributed by atoms with Crippen LogP contribution in [0, 0.1) is 0 Å². The maximum atomic E-state index is 12.7. The third kappa shape index (κ3) is 29.4. The van der Waals surface area contributed by atoms with Crippen LogP contribution in [0.1, 0.15) is 161 Å². The highest BCUT2D eigenvalue weighted by Gasteiger charge is 2.47. The molecule has 0 radical (unpaired) electrons. The van der Waals surface area contributed by atoms with Crippen molar-refractivity contribution in [2.75, 3.05) is 51.6 Å². The summed E-state index contributed by atoms with van der Waals surface area (Å²) in [6, 6.07) is -2.03. The van der Waals surface area contributed by atoms with E-state index in [1.54, 1.807) is 0 Å². The fourth-order valence-electron chi connectivity index (χ4n) is 9.43. The molecule has 8 atom stereocenters. The first-order chi connectivity index (χ1) is 38.5. The van der Waals surface area contributed by atoms with E-state index in [2.05, 4.69) is 52.8 Å². The normalized spacial score (nSPS) is 19.7. The Morgan fingerprint density at radius 3 is 1.50 bits per heavy atom. The Morgan fingerprint density at radius 1 is 0.662 bits per heavy atom. The standard InChI is InChI=1S/C53H92N12O14S/c1-35(67)62-47-36(63-51(54)55)32-39(50(74)75)78-49(47)48(38(68)33-66)79-53(77)61-31-15-3-2-14-26-56-41(69)21-8-4-16-27-57-42(70)22-9-5-17-28-58-43(71)23-10-6-18-29-59-44(72)24-11-7-19-30-60-45(73)25-13-12-20-40-46-37(34-80-40)64-52(76)65-46/h32,36-38,40,46-49,66,68H,2-31,33-34H2,1H3,(H,56,69)(H,57,70)(H,58,71)(H,59,72)(H,60,73)(H,61,77)(H,62,67)(H,74,75)(H4,54,55,63)(H2,64,65,76)/t36-,37-,38+,40-,46-,47+,48+,49+/m0/s1. The Kier molecular flexibility index (Phi) is 34.2. The molecule has 454 valence electrons. The molecule has 3 rings (SSSR count). The molecule has 0 bridgehead atoms. The summed E-state index contributed by atoms with van der Waals surface area (Å²) >= 11 is 1.89. The number of ether oxygens (including phenoxy) is 2. The van der Waals surface area contributed by atoms with Crippen LogP contribution in [0.4, 0.5) is 9.59 Å². The van der Waals surface area contributed by atoms with Crippen LogP contribution >= 0.6 is 11.8 Å². The molecule has 80 heavy (non-hydrogen) atoms. The quantitative estimate of drug-likeness (QED) is 0.0176. The van der Waals surface area contributed by atoms with Crippen molar-refractivity contribution in [2.24, 2.45) is 16.5 Å². The van der Waals surface area contributed by atoms with Gasteiger partial charge in [0.05, 0.1) is 30.8 Å². The lowest BCUT2D eigenvalue weighted by Crippen LogP contribution is -2.61. The summed E-state index contributed by atoms with van der Waals surface area (Å²) in [7, 11) is 0. The molecule has 26 nitrogen and oxygen atoms in total. The van der Waals surface area contributed by atoms with Crippen LogP contribution in [0.2, 0.25) is 0 Å². The number of aliphatic imine (C=N–C) groups is 1. The first-order valence-corrected chi connectivity index (χ1v) is 29.7. The number of nitrogens with one attached hydrogen (secondary N) is 9. The number of carbonyl (C=O) groups is 9. The number of hydrogen-bond donors (Lipinski definition) is 14. The molecule has 0 saturated carbocycles. The van der Waals surface area contributed by atoms with E-state index < -0.39 is 66.7 Å². The van der Waals surface area contributed by atoms with Crippen molar-refractivity contribution in [1.29, 1.82) is 0 Å². The molecule has 0 aromatic heterocycles. The molecule has 0 spiro atoms. The first kappa shape index (κ1) is 68.2. The minimum atomic E-state index is -1.74. The highest BCUT2D eigenvalue weighted by Crippen LogP contribution is 2.33. The number of aliphatic hydroxyl groups is 2. The molecule has 0 aliphatic carbocycles. The molecule has 0 unspecified atom stereocenters. The maximum absolute atomic E-state index is 12.7. The zero-order valence-corrected chi connectivity index (χ0v) is 47.5. The summed E-state index contributed by atoms with van der Waals surface area (Å²) in [4.78, 5) is 113. The molecular weight excluding hydrogens is 1060 g/mol. The lowest BCUT2D eigenvalue weighted by molar-refractivity contribution is -0.146. The lowest BCUT2D eigenvalue weighted by Gasteiger charge is -2.39. The van der Waals surface area contributed by atoms with Gasteiger partial charge in [-0.15, -0.1) is 0 Å². The van der Waals surface area contributed by atoms with Gasteiger partial charge in [-0.25, -0.2) is 19.4 Å². The van der Waals surface area contributed by atoms with Crippen LogP contribution in [-0.4, -0.2) is 174 Å². The van der Waals surface area contributed by atoms with Crippen molar-refractivity contribution in [3.63, 3.8) is 0 Å². The Bertz CT molecular complexity index is 2020. The van der Waals surface area contributed by atoms with E-state index in [9.17, 15) is 58.5 Å². The molecule has 9 amide bonds. The van der Waals surface area contributed by atoms with Crippen LogP contribution in [0.5, 0.6) is 0 Å². The number of alkyl carbamates (subject to hydrolysis) is 1. The fraction of sp³-hybridized carbons (Fsp3) is 0.774. The number of nitrogens with zero attached hydrogens (tertiary/aromatic N) is 1. The number of hydrogen-bond acceptors (Lipinski definition) is 15. The van der Waals surface area contributed by atoms with Crippen molar-refractivity contribution in [3.05, 3.63) is 11.8 Å². The van der Waals surface area contributed by atoms with Gasteiger partial charge in [0.25, 0.3) is 0 Å². The second-order valence-electron chi connectivity index (χ2n) is 20.5. The average Bonchev–Trinajstić information content (AvgIpc) is 3.99. The molecule has 16 N–H and O–H groups in total. The topological polar surface area (TPSA) is 405 Å². The number of rotatable bonds is 43. The third-order valence-electron chi connectivity index (χ3n) is 13.7. The monoisotopic (exact) mass is 1150 g/mol. The predicted octanol–water partition coefficient (Wildman–Crippen LogP) is 1.06. The number of urea groups is 1. The Hall–Kier alpha value is -6.09. The van der Waals surface area contributed by atoms with Gasteiger partial charge in [0, 0.05) is 89.3 Å². The number of carbonyl (C=O) groups excluding carboxylic acids is 8. The molecular formula is C53H92N12O14S. The Balaban J connectivity index is 1.05. The number of guanidine groups is 1. The number of carboxylic acids is 1. The van der Waals surface area contributed by atoms with Crippen LogP contribution in [0.25, 0.3) is 0 Å². The van der Waals surface area contributed by atoms with E-state index in [1.807, 2.05) is 11.8 Å². The van der Waals surface area contributed by atoms with Crippen molar-refractivity contribution < 1.29 is 67.9 Å². The molecule has 0 aromatic rings. The van der Waals surface area contributed by atoms with Crippen molar-refractivity contribution in [3.8, 4) is 0 Å². The second-order valence-corrected chi connectivity index (χ2v) is 21.8. The second kappa shape index (κ2) is 40.1. The molecule has 2 saturated heterocycles. The smallest absolute Gasteiger partial charge is 0.407 e. The number of unbranched alkanes of at least 4 members (excludes halogenated alkanes) is 12. The van der Waals surface area contributed by atoms with Gasteiger partial charge in [-0.1, -0.05) is 44.9 Å². The van der Waals surface area contributed by atoms with Gasteiger partial charge in [-0.3, -0.25) is 28.8 Å². The number of nitrogens with two attached hydrogens (primary N) is 2. The zero-order valence-electron chi connectivity index (χ0n) is 46.7. The minimum absolute atomic E-state index is 0.00327. The van der Waals surface area contributed by atoms with Crippen LogP contribution < -0.4 is 59.3 Å². The summed E-state index contributed by atoms with van der Waals surface area (Å²) in [6.07, 6.45) is 12.3. The number of carboxylic acid groups (broad SMARTS) is 1. The largest absolute Gasteiger partial charge is 0.477 e. The van der Waals surface area contributed by atoms with Crippen molar-refractivity contribution in [1.82, 2.24) is 47.9 Å². The summed E-state index contributed by atoms with van der Waals surface area (Å²) in [5, 5.41) is 56.0. The van der Waals surface area contributed by atoms with E-state index in [1.165, 1.54) is 6.92 Å². The molecule has 3 aliphatic heterocycles. The Labute approximate surface area is 474 Å². The summed E-state index contributed by atoms with van der Waals surface area (Å²) in [6.45, 7) is 3.25. The number of amides is 9. The lowest BCUT2D eigenvalue weighted by atomic mass is 9.92. The third-order valence-corrected chi connectivity index (χ3v) is 15.2. The number of fused-ring (bicyclic) bond motifs is 1. The van der Waals surface area contributed by atoms with Gasteiger partial charge in [0.15, 0.2) is 18.2 Å². The van der Waals surface area contributed by atoms with Gasteiger partial charge in [0.2, 0.25) is 41.2 Å². The van der Waals surface area contributed by atoms with E-state index >= 15 is 0 Å². The average molecular weight is 1150 g/mol. The molecule has 3 heterocycles. The van der Waals surface area contributed by atoms with E-state index in [-0.39, 0.29) is 54.2 Å². The highest BCUT2D eigenvalue weighted by atomic mass is 32.2. The van der Waals surface area contributed by atoms with Gasteiger partial charge < -0.3 is 84.1 Å². The van der Waals surface area contributed by atoms with Crippen molar-refractivity contribution >= 4 is 71.3 Å². The maximum Gasteiger partial charge on any atom is 0.407 e. The zero-order chi connectivity index (χ0) is 58.5. The predicted molar refractivity (Wildman–Crippen MR) is 301 cm³/mol. The SMILES string of the molecule is CC(=O)N[C@H]1[C@H]([C@H](OC(=O)NCCCCCCNC(=O)CCCCCNC(=O)CCCCCNC(=O)CCCCCNC(=O)CCCCCNC(=O)CCCC[C@@H]2SC[C@@H]3NC(=O)N[C@@H]32)[C@H](O)CO)OC(C(=O)O)=C[C@@H]1N=C(N)N. The summed E-state index contributed by atoms with van der Waals surface area (Å²) < 4.78 is 10.9. The van der Waals surface area contributed by atoms with E-state index in [0.717, 1.165) is 108 Å². The van der Waals surface area contributed by atoms with E-state index in [0.29, 0.717) is 95.8 Å². The van der Waals surface area contributed by atoms with Crippen LogP contribution in [-0.2, 0) is 43.0 Å². The van der Waals surface area contributed by atoms with Crippen LogP contribution in [0.15, 0.2) is 16.8 Å². The number of thioether (sulfide) groups is 1. The molecule has 3 aliphatic rings. The highest BCUT2D eigenvalue weighted by molar-refractivity contribution is 8.00. The molecule has 0 aromatic carbocycles. The Morgan fingerprint density at radius 2 is 1.09 bits per heavy atom. The van der Waals surface area contributed by atoms with Crippen LogP contribution in [0.3, 0.4) is 0 Å². The first-order valence-electron chi connectivity index (χ1n) is 28.7. The van der Waals surface area contributed by atoms with Gasteiger partial charge in [-0.2, -0.15) is 11.8 Å².